The molecule has 0 amide bonds. The minimum Gasteiger partial charge on any atom is -0.294 e. The number of hydrogen-bond acceptors (Lipinski definition) is 2. The number of thiophene rings is 1. The zero-order valence-corrected chi connectivity index (χ0v) is 29.4. The van der Waals surface area contributed by atoms with Crippen LogP contribution >= 0.6 is 11.3 Å². The lowest BCUT2D eigenvalue weighted by atomic mass is 9.65. The van der Waals surface area contributed by atoms with E-state index in [1.165, 1.54) is 81.2 Å². The highest BCUT2D eigenvalue weighted by molar-refractivity contribution is 7.25. The first-order chi connectivity index (χ1) is 26.3. The summed E-state index contributed by atoms with van der Waals surface area (Å²) in [6.07, 6.45) is 6.54. The maximum Gasteiger partial charge on any atom is 0.145 e. The van der Waals surface area contributed by atoms with Gasteiger partial charge in [-0.15, -0.1) is 11.3 Å². The topological polar surface area (TPSA) is 17.8 Å². The molecule has 3 heterocycles. The molecule has 0 aliphatic heterocycles. The van der Waals surface area contributed by atoms with Crippen LogP contribution in [-0.4, -0.2) is 9.55 Å². The second-order valence-electron chi connectivity index (χ2n) is 14.3. The third kappa shape index (κ3) is 3.89. The maximum atomic E-state index is 4.87. The van der Waals surface area contributed by atoms with Crippen molar-refractivity contribution < 1.29 is 0 Å². The molecular formula is C50H30N2S. The van der Waals surface area contributed by atoms with Crippen LogP contribution in [0.25, 0.3) is 82.2 Å². The summed E-state index contributed by atoms with van der Waals surface area (Å²) in [5.41, 5.74) is 15.6. The molecule has 0 fully saturated rings. The molecule has 0 bridgehead atoms. The third-order valence-corrected chi connectivity index (χ3v) is 12.8. The molecule has 0 saturated carbocycles. The Morgan fingerprint density at radius 3 is 2.11 bits per heavy atom. The van der Waals surface area contributed by atoms with Gasteiger partial charge < -0.3 is 0 Å². The minimum atomic E-state index is -0.501. The Labute approximate surface area is 310 Å². The van der Waals surface area contributed by atoms with Gasteiger partial charge in [-0.3, -0.25) is 4.57 Å². The molecule has 246 valence electrons. The Morgan fingerprint density at radius 2 is 1.19 bits per heavy atom. The number of nitrogens with zero attached hydrogens (tertiary/aromatic N) is 2. The molecule has 1 atom stereocenters. The summed E-state index contributed by atoms with van der Waals surface area (Å²) in [5, 5.41) is 5.02. The van der Waals surface area contributed by atoms with Crippen LogP contribution in [0.5, 0.6) is 0 Å². The van der Waals surface area contributed by atoms with Crippen LogP contribution < -0.4 is 0 Å². The first-order valence-corrected chi connectivity index (χ1v) is 19.0. The van der Waals surface area contributed by atoms with E-state index in [-0.39, 0.29) is 0 Å². The van der Waals surface area contributed by atoms with Gasteiger partial charge in [0.25, 0.3) is 0 Å². The molecule has 10 aromatic rings. The summed E-state index contributed by atoms with van der Waals surface area (Å²) in [5.74, 6) is 0. The summed E-state index contributed by atoms with van der Waals surface area (Å²) in [6, 6.07) is 60.8. The van der Waals surface area contributed by atoms with Crippen LogP contribution in [0.2, 0.25) is 0 Å². The molecular weight excluding hydrogens is 661 g/mol. The largest absolute Gasteiger partial charge is 0.294 e. The Morgan fingerprint density at radius 1 is 0.453 bits per heavy atom. The molecule has 0 saturated heterocycles. The lowest BCUT2D eigenvalue weighted by Gasteiger charge is -2.35. The summed E-state index contributed by atoms with van der Waals surface area (Å²) < 4.78 is 4.94. The number of para-hydroxylation sites is 1. The van der Waals surface area contributed by atoms with Crippen LogP contribution in [0, 0.1) is 0 Å². The molecule has 1 spiro atoms. The van der Waals surface area contributed by atoms with Crippen molar-refractivity contribution in [2.24, 2.45) is 0 Å². The lowest BCUT2D eigenvalue weighted by molar-refractivity contribution is 0.768. The molecule has 3 aromatic heterocycles. The summed E-state index contributed by atoms with van der Waals surface area (Å²) in [6.45, 7) is 0. The smallest absolute Gasteiger partial charge is 0.145 e. The van der Waals surface area contributed by atoms with Crippen LogP contribution in [0.15, 0.2) is 170 Å². The zero-order chi connectivity index (χ0) is 34.7. The van der Waals surface area contributed by atoms with Crippen LogP contribution in [0.3, 0.4) is 0 Å². The predicted molar refractivity (Wildman–Crippen MR) is 223 cm³/mol. The van der Waals surface area contributed by atoms with E-state index in [1.807, 2.05) is 23.6 Å². The van der Waals surface area contributed by atoms with Gasteiger partial charge in [0.05, 0.1) is 10.9 Å². The molecule has 0 radical (unpaired) electrons. The van der Waals surface area contributed by atoms with Crippen LogP contribution in [0.1, 0.15) is 33.4 Å². The number of benzene rings is 7. The zero-order valence-electron chi connectivity index (χ0n) is 28.6. The molecule has 2 aliphatic rings. The fourth-order valence-electron chi connectivity index (χ4n) is 9.45. The van der Waals surface area contributed by atoms with Crippen molar-refractivity contribution in [2.75, 3.05) is 0 Å². The molecule has 3 heteroatoms. The fraction of sp³-hybridized carbons (Fsp3) is 0.0200. The van der Waals surface area contributed by atoms with Gasteiger partial charge in [-0.25, -0.2) is 4.98 Å². The molecule has 2 nitrogen and oxygen atoms in total. The van der Waals surface area contributed by atoms with Crippen molar-refractivity contribution in [3.05, 3.63) is 203 Å². The van der Waals surface area contributed by atoms with Gasteiger partial charge in [-0.2, -0.15) is 0 Å². The molecule has 1 unspecified atom stereocenters. The third-order valence-electron chi connectivity index (χ3n) is 11.7. The van der Waals surface area contributed by atoms with Gasteiger partial charge in [0.1, 0.15) is 5.65 Å². The van der Waals surface area contributed by atoms with Crippen LogP contribution in [0.4, 0.5) is 0 Å². The standard InChI is InChI=1S/C50H30N2S/c1-2-12-35(13-3-1)52-46-25-24-33(27-40(46)38-16-10-26-51-49(38)52)34-23-22-32-21-20-31-11-4-7-17-42(31)50(44(32)28-34)43-18-8-5-14-36(43)39-29-41-37-15-6-9-19-47(37)53-48(41)30-45(39)50/h1-30H. The highest BCUT2D eigenvalue weighted by atomic mass is 32.1. The van der Waals surface area contributed by atoms with Gasteiger partial charge >= 0.3 is 0 Å². The number of hydrogen-bond donors (Lipinski definition) is 0. The van der Waals surface area contributed by atoms with Gasteiger partial charge in [-0.1, -0.05) is 115 Å². The average molecular weight is 691 g/mol. The van der Waals surface area contributed by atoms with Crippen molar-refractivity contribution in [1.29, 1.82) is 0 Å². The second-order valence-corrected chi connectivity index (χ2v) is 15.4. The first-order valence-electron chi connectivity index (χ1n) is 18.2. The van der Waals surface area contributed by atoms with E-state index in [1.54, 1.807) is 0 Å². The quantitative estimate of drug-likeness (QED) is 0.177. The summed E-state index contributed by atoms with van der Waals surface area (Å²) in [7, 11) is 0. The number of fused-ring (bicyclic) bond motifs is 15. The van der Waals surface area contributed by atoms with Gasteiger partial charge in [-0.05, 0) is 116 Å². The summed E-state index contributed by atoms with van der Waals surface area (Å²) >= 11 is 1.90. The average Bonchev–Trinajstić information content (AvgIpc) is 3.81. The Balaban J connectivity index is 1.15. The van der Waals surface area contributed by atoms with E-state index in [4.69, 9.17) is 4.98 Å². The molecule has 7 aromatic carbocycles. The van der Waals surface area contributed by atoms with E-state index in [9.17, 15) is 0 Å². The van der Waals surface area contributed by atoms with Crippen molar-refractivity contribution in [3.63, 3.8) is 0 Å². The molecule has 0 N–H and O–H groups in total. The first kappa shape index (κ1) is 29.1. The van der Waals surface area contributed by atoms with E-state index < -0.39 is 5.41 Å². The van der Waals surface area contributed by atoms with E-state index in [0.717, 1.165) is 22.2 Å². The van der Waals surface area contributed by atoms with E-state index >= 15 is 0 Å². The van der Waals surface area contributed by atoms with Crippen LogP contribution in [-0.2, 0) is 5.41 Å². The lowest BCUT2D eigenvalue weighted by Crippen LogP contribution is -2.30. The van der Waals surface area contributed by atoms with Gasteiger partial charge in [0.2, 0.25) is 0 Å². The Bertz CT molecular complexity index is 3180. The SMILES string of the molecule is C1=Cc2ccc(-c3ccc4c(c3)c3cccnc3n4-c3ccccc3)cc2C2(c3ccccc31)c1ccccc1-c1cc3c(cc12)sc1ccccc13. The van der Waals surface area contributed by atoms with E-state index in [0.29, 0.717) is 0 Å². The van der Waals surface area contributed by atoms with Crippen molar-refractivity contribution in [1.82, 2.24) is 9.55 Å². The molecule has 2 aliphatic carbocycles. The fourth-order valence-corrected chi connectivity index (χ4v) is 10.6. The minimum absolute atomic E-state index is 0.501. The van der Waals surface area contributed by atoms with Crippen molar-refractivity contribution in [2.45, 2.75) is 5.41 Å². The summed E-state index contributed by atoms with van der Waals surface area (Å²) in [4.78, 5) is 4.87. The van der Waals surface area contributed by atoms with Gasteiger partial charge in [0, 0.05) is 42.8 Å². The number of pyridine rings is 1. The number of aromatic nitrogens is 2. The predicted octanol–water partition coefficient (Wildman–Crippen LogP) is 13.1. The van der Waals surface area contributed by atoms with E-state index in [2.05, 4.69) is 174 Å². The maximum absolute atomic E-state index is 4.87. The molecule has 53 heavy (non-hydrogen) atoms. The van der Waals surface area contributed by atoms with Crippen molar-refractivity contribution >= 4 is 65.6 Å². The number of rotatable bonds is 2. The van der Waals surface area contributed by atoms with Gasteiger partial charge in [0.15, 0.2) is 0 Å². The Kier molecular flexibility index (Phi) is 5.89. The highest BCUT2D eigenvalue weighted by Crippen LogP contribution is 2.60. The normalized spacial score (nSPS) is 15.5. The van der Waals surface area contributed by atoms with Crippen molar-refractivity contribution in [3.8, 4) is 27.9 Å². The monoisotopic (exact) mass is 690 g/mol. The highest BCUT2D eigenvalue weighted by Gasteiger charge is 2.48. The Hall–Kier alpha value is -6.55. The molecule has 12 rings (SSSR count). The second kappa shape index (κ2) is 10.7.